The van der Waals surface area contributed by atoms with Crippen LogP contribution in [0, 0.1) is 0 Å². The van der Waals surface area contributed by atoms with Crippen LogP contribution in [-0.2, 0) is 10.0 Å². The van der Waals surface area contributed by atoms with Crippen LogP contribution in [0.2, 0.25) is 0 Å². The molecule has 1 aliphatic rings. The zero-order valence-electron chi connectivity index (χ0n) is 6.94. The van der Waals surface area contributed by atoms with E-state index in [9.17, 15) is 13.2 Å². The van der Waals surface area contributed by atoms with Crippen LogP contribution in [0.1, 0.15) is 10.4 Å². The normalized spacial score (nSPS) is 24.4. The maximum atomic E-state index is 11.5. The van der Waals surface area contributed by atoms with Crippen molar-refractivity contribution in [1.29, 1.82) is 0 Å². The monoisotopic (exact) mass is 198 g/mol. The number of rotatable bonds is 0. The van der Waals surface area contributed by atoms with Gasteiger partial charge in [0, 0.05) is 0 Å². The van der Waals surface area contributed by atoms with E-state index >= 15 is 0 Å². The van der Waals surface area contributed by atoms with Gasteiger partial charge in [-0.15, -0.1) is 0 Å². The van der Waals surface area contributed by atoms with Gasteiger partial charge < -0.3 is 0 Å². The highest BCUT2D eigenvalue weighted by atomic mass is 32.2. The molecule has 1 heterocycles. The van der Waals surface area contributed by atoms with Crippen LogP contribution in [0.3, 0.4) is 0 Å². The predicted octanol–water partition coefficient (Wildman–Crippen LogP) is -0.956. The first-order valence-electron chi connectivity index (χ1n) is 3.77. The van der Waals surface area contributed by atoms with E-state index in [2.05, 4.69) is 0 Å². The largest absolute Gasteiger partial charge is 0.361 e. The summed E-state index contributed by atoms with van der Waals surface area (Å²) in [6.07, 6.45) is 0. The van der Waals surface area contributed by atoms with Crippen LogP contribution in [0.5, 0.6) is 0 Å². The summed E-state index contributed by atoms with van der Waals surface area (Å²) in [6.45, 7) is 0. The van der Waals surface area contributed by atoms with Gasteiger partial charge in [-0.1, -0.05) is 12.1 Å². The van der Waals surface area contributed by atoms with Crippen LogP contribution in [0.4, 0.5) is 0 Å². The number of hydrogen-bond acceptors (Lipinski definition) is 3. The molecule has 1 aromatic carbocycles. The van der Waals surface area contributed by atoms with Crippen LogP contribution >= 0.6 is 0 Å². The number of carbonyl (C=O) groups excluding carboxylic acids is 1. The number of quaternary nitrogens is 1. The van der Waals surface area contributed by atoms with E-state index < -0.39 is 10.0 Å². The first-order chi connectivity index (χ1) is 6.05. The third-order valence-corrected chi connectivity index (χ3v) is 4.07. The Kier molecular flexibility index (Phi) is 1.55. The van der Waals surface area contributed by atoms with Gasteiger partial charge in [0.1, 0.15) is 10.5 Å². The Labute approximate surface area is 75.8 Å². The van der Waals surface area contributed by atoms with Crippen molar-refractivity contribution in [2.45, 2.75) is 4.90 Å². The van der Waals surface area contributed by atoms with E-state index in [0.717, 1.165) is 0 Å². The molecule has 5 heteroatoms. The molecule has 2 rings (SSSR count). The molecule has 0 saturated heterocycles. The molecule has 1 atom stereocenters. The molecule has 1 amide bonds. The SMILES string of the molecule is C[NH+]1C(=O)c2ccccc2S1(=O)=O. The summed E-state index contributed by atoms with van der Waals surface area (Å²) in [6, 6.07) is 6.26. The zero-order valence-corrected chi connectivity index (χ0v) is 7.76. The lowest BCUT2D eigenvalue weighted by molar-refractivity contribution is -0.642. The van der Waals surface area contributed by atoms with Crippen molar-refractivity contribution in [2.24, 2.45) is 0 Å². The van der Waals surface area contributed by atoms with Crippen molar-refractivity contribution in [3.05, 3.63) is 29.8 Å². The molecular formula is C8H8NO3S+. The minimum Gasteiger partial charge on any atom is -0.224 e. The van der Waals surface area contributed by atoms with Gasteiger partial charge >= 0.3 is 15.9 Å². The van der Waals surface area contributed by atoms with Crippen molar-refractivity contribution in [3.63, 3.8) is 0 Å². The maximum absolute atomic E-state index is 11.5. The van der Waals surface area contributed by atoms with E-state index in [1.165, 1.54) is 19.2 Å². The van der Waals surface area contributed by atoms with Gasteiger partial charge in [-0.3, -0.25) is 0 Å². The molecule has 1 aromatic rings. The van der Waals surface area contributed by atoms with E-state index in [-0.39, 0.29) is 15.1 Å². The molecule has 13 heavy (non-hydrogen) atoms. The highest BCUT2D eigenvalue weighted by Crippen LogP contribution is 2.16. The second-order valence-electron chi connectivity index (χ2n) is 2.88. The van der Waals surface area contributed by atoms with Gasteiger partial charge in [-0.2, -0.15) is 12.7 Å². The molecule has 0 aromatic heterocycles. The minimum absolute atomic E-state index is 0.0753. The number of nitrogens with one attached hydrogen (secondary N) is 1. The molecule has 0 bridgehead atoms. The van der Waals surface area contributed by atoms with Gasteiger partial charge in [-0.25, -0.2) is 4.79 Å². The second-order valence-corrected chi connectivity index (χ2v) is 4.94. The van der Waals surface area contributed by atoms with E-state index in [4.69, 9.17) is 0 Å². The molecule has 1 aliphatic heterocycles. The Morgan fingerprint density at radius 1 is 1.23 bits per heavy atom. The van der Waals surface area contributed by atoms with Crippen molar-refractivity contribution in [1.82, 2.24) is 0 Å². The van der Waals surface area contributed by atoms with E-state index in [1.807, 2.05) is 0 Å². The standard InChI is InChI=1S/C8H7NO3S/c1-9-8(10)6-4-2-3-5-7(6)13(9,11)12/h2-5H,1H3/p+1. The number of hydrogen-bond donors (Lipinski definition) is 1. The molecule has 0 saturated carbocycles. The van der Waals surface area contributed by atoms with Crippen LogP contribution in [-0.4, -0.2) is 21.4 Å². The Balaban J connectivity index is 2.83. The Morgan fingerprint density at radius 3 is 2.46 bits per heavy atom. The maximum Gasteiger partial charge on any atom is 0.361 e. The molecule has 1 unspecified atom stereocenters. The van der Waals surface area contributed by atoms with Gasteiger partial charge in [0.15, 0.2) is 0 Å². The minimum atomic E-state index is -3.47. The summed E-state index contributed by atoms with van der Waals surface area (Å²) >= 11 is 0. The van der Waals surface area contributed by atoms with Crippen molar-refractivity contribution in [2.75, 3.05) is 7.05 Å². The lowest BCUT2D eigenvalue weighted by Crippen LogP contribution is -3.11. The van der Waals surface area contributed by atoms with Crippen LogP contribution in [0.15, 0.2) is 29.2 Å². The smallest absolute Gasteiger partial charge is 0.224 e. The Hall–Kier alpha value is -1.20. The number of fused-ring (bicyclic) bond motifs is 1. The van der Waals surface area contributed by atoms with Crippen molar-refractivity contribution >= 4 is 15.9 Å². The van der Waals surface area contributed by atoms with Gasteiger partial charge in [0.25, 0.3) is 0 Å². The van der Waals surface area contributed by atoms with Crippen LogP contribution in [0.25, 0.3) is 0 Å². The van der Waals surface area contributed by atoms with Crippen molar-refractivity contribution in [3.8, 4) is 0 Å². The summed E-state index contributed by atoms with van der Waals surface area (Å²) < 4.78 is 23.0. The summed E-state index contributed by atoms with van der Waals surface area (Å²) in [4.78, 5) is 11.5. The molecule has 0 radical (unpaired) electrons. The lowest BCUT2D eigenvalue weighted by atomic mass is 10.2. The number of amides is 1. The molecule has 4 nitrogen and oxygen atoms in total. The number of sulfonamides is 1. The average Bonchev–Trinajstić information content (AvgIpc) is 2.30. The van der Waals surface area contributed by atoms with E-state index in [1.54, 1.807) is 12.1 Å². The summed E-state index contributed by atoms with van der Waals surface area (Å²) in [5, 5.41) is 0. The van der Waals surface area contributed by atoms with Gasteiger partial charge in [0.2, 0.25) is 0 Å². The second kappa shape index (κ2) is 2.40. The molecule has 68 valence electrons. The third kappa shape index (κ3) is 0.942. The predicted molar refractivity (Wildman–Crippen MR) is 44.8 cm³/mol. The fourth-order valence-corrected chi connectivity index (χ4v) is 2.76. The van der Waals surface area contributed by atoms with Crippen LogP contribution < -0.4 is 4.31 Å². The zero-order chi connectivity index (χ0) is 9.64. The number of carbonyl (C=O) groups is 1. The summed E-state index contributed by atoms with van der Waals surface area (Å²) in [5.41, 5.74) is 0.292. The Bertz CT molecular complexity index is 478. The molecule has 0 fully saturated rings. The first-order valence-corrected chi connectivity index (χ1v) is 5.26. The fraction of sp³-hybridized carbons (Fsp3) is 0.125. The molecule has 0 aliphatic carbocycles. The third-order valence-electron chi connectivity index (χ3n) is 2.14. The van der Waals surface area contributed by atoms with E-state index in [0.29, 0.717) is 5.56 Å². The van der Waals surface area contributed by atoms with Gasteiger partial charge in [0.05, 0.1) is 7.05 Å². The topological polar surface area (TPSA) is 55.6 Å². The molecule has 0 spiro atoms. The summed E-state index contributed by atoms with van der Waals surface area (Å²) in [5.74, 6) is -0.379. The highest BCUT2D eigenvalue weighted by molar-refractivity contribution is 7.86. The van der Waals surface area contributed by atoms with Crippen molar-refractivity contribution < 1.29 is 17.5 Å². The average molecular weight is 198 g/mol. The molecular weight excluding hydrogens is 190 g/mol. The highest BCUT2D eigenvalue weighted by Gasteiger charge is 2.43. The summed E-state index contributed by atoms with van der Waals surface area (Å²) in [7, 11) is -2.12. The van der Waals surface area contributed by atoms with Gasteiger partial charge in [-0.05, 0) is 12.1 Å². The Morgan fingerprint density at radius 2 is 1.85 bits per heavy atom. The molecule has 1 N–H and O–H groups in total. The fourth-order valence-electron chi connectivity index (χ4n) is 1.37. The quantitative estimate of drug-likeness (QED) is 0.584. The first kappa shape index (κ1) is 8.40. The number of benzene rings is 1. The lowest BCUT2D eigenvalue weighted by Gasteiger charge is -1.98.